The first-order chi connectivity index (χ1) is 6.77. The summed E-state index contributed by atoms with van der Waals surface area (Å²) in [4.78, 5) is 2.36. The summed E-state index contributed by atoms with van der Waals surface area (Å²) in [7, 11) is 2.17. The van der Waals surface area contributed by atoms with E-state index in [1.54, 1.807) is 0 Å². The molecule has 4 nitrogen and oxygen atoms in total. The third kappa shape index (κ3) is 2.39. The van der Waals surface area contributed by atoms with Gasteiger partial charge in [0.25, 0.3) is 0 Å². The molecule has 2 heterocycles. The topological polar surface area (TPSA) is 30.5 Å². The van der Waals surface area contributed by atoms with Gasteiger partial charge >= 0.3 is 0 Å². The van der Waals surface area contributed by atoms with Gasteiger partial charge in [-0.1, -0.05) is 20.8 Å². The molecule has 4 heteroatoms. The summed E-state index contributed by atoms with van der Waals surface area (Å²) in [5.41, 5.74) is 6.06. The molecule has 2 unspecified atom stereocenters. The zero-order valence-electron chi connectivity index (χ0n) is 9.62. The van der Waals surface area contributed by atoms with Gasteiger partial charge in [0.2, 0.25) is 0 Å². The zero-order valence-corrected chi connectivity index (χ0v) is 9.62. The molecule has 1 saturated heterocycles. The van der Waals surface area contributed by atoms with Crippen LogP contribution in [0, 0.1) is 5.92 Å². The van der Waals surface area contributed by atoms with Gasteiger partial charge in [-0.3, -0.25) is 5.01 Å². The van der Waals surface area contributed by atoms with Crippen LogP contribution in [0.4, 0.5) is 0 Å². The van der Waals surface area contributed by atoms with Gasteiger partial charge < -0.3 is 10.3 Å². The van der Waals surface area contributed by atoms with Crippen molar-refractivity contribution < 1.29 is 0 Å². The number of hydrogen-bond acceptors (Lipinski definition) is 4. The van der Waals surface area contributed by atoms with E-state index < -0.39 is 0 Å². The highest BCUT2D eigenvalue weighted by Crippen LogP contribution is 2.19. The molecule has 2 rings (SSSR count). The summed E-state index contributed by atoms with van der Waals surface area (Å²) < 4.78 is 0. The molecule has 82 valence electrons. The molecule has 2 N–H and O–H groups in total. The first-order valence-electron chi connectivity index (χ1n) is 5.42. The second-order valence-corrected chi connectivity index (χ2v) is 3.74. The summed E-state index contributed by atoms with van der Waals surface area (Å²) in [6.07, 6.45) is 3.98. The molecule has 0 aromatic heterocycles. The number of hydrogen-bond donors (Lipinski definition) is 2. The number of rotatable bonds is 1. The van der Waals surface area contributed by atoms with E-state index in [9.17, 15) is 0 Å². The van der Waals surface area contributed by atoms with Crippen LogP contribution in [0.25, 0.3) is 0 Å². The van der Waals surface area contributed by atoms with Gasteiger partial charge in [-0.25, -0.2) is 0 Å². The second-order valence-electron chi connectivity index (χ2n) is 3.74. The molecule has 1 fully saturated rings. The van der Waals surface area contributed by atoms with E-state index in [0.29, 0.717) is 6.04 Å². The summed E-state index contributed by atoms with van der Waals surface area (Å²) in [5.74, 6) is 0.729. The van der Waals surface area contributed by atoms with Crippen LogP contribution in [0.15, 0.2) is 12.4 Å². The van der Waals surface area contributed by atoms with Crippen molar-refractivity contribution >= 4 is 0 Å². The largest absolute Gasteiger partial charge is 0.310 e. The molecule has 2 aliphatic heterocycles. The van der Waals surface area contributed by atoms with E-state index in [4.69, 9.17) is 0 Å². The quantitative estimate of drug-likeness (QED) is 0.651. The van der Waals surface area contributed by atoms with Gasteiger partial charge in [0.15, 0.2) is 0 Å². The highest BCUT2D eigenvalue weighted by Gasteiger charge is 2.31. The fraction of sp³-hybridized carbons (Fsp3) is 0.800. The van der Waals surface area contributed by atoms with E-state index >= 15 is 0 Å². The van der Waals surface area contributed by atoms with Crippen molar-refractivity contribution in [2.24, 2.45) is 5.92 Å². The van der Waals surface area contributed by atoms with Crippen molar-refractivity contribution in [2.45, 2.75) is 26.8 Å². The minimum absolute atomic E-state index is 0.598. The van der Waals surface area contributed by atoms with Crippen molar-refractivity contribution in [1.82, 2.24) is 20.9 Å². The molecule has 0 amide bonds. The van der Waals surface area contributed by atoms with Crippen LogP contribution in [0.5, 0.6) is 0 Å². The van der Waals surface area contributed by atoms with Crippen LogP contribution in [0.1, 0.15) is 20.8 Å². The average molecular weight is 198 g/mol. The van der Waals surface area contributed by atoms with E-state index in [-0.39, 0.29) is 0 Å². The van der Waals surface area contributed by atoms with Crippen molar-refractivity contribution in [2.75, 3.05) is 20.1 Å². The van der Waals surface area contributed by atoms with Gasteiger partial charge in [0.1, 0.15) is 0 Å². The van der Waals surface area contributed by atoms with Crippen molar-refractivity contribution in [1.29, 1.82) is 0 Å². The number of likely N-dealkylation sites (tertiary alicyclic amines) is 1. The molecule has 0 aromatic rings. The van der Waals surface area contributed by atoms with Gasteiger partial charge in [-0.15, -0.1) is 5.53 Å². The van der Waals surface area contributed by atoms with Crippen LogP contribution in [0.3, 0.4) is 0 Å². The van der Waals surface area contributed by atoms with Gasteiger partial charge in [-0.05, 0) is 13.0 Å². The lowest BCUT2D eigenvalue weighted by molar-refractivity contribution is 0.174. The molecular weight excluding hydrogens is 176 g/mol. The fourth-order valence-corrected chi connectivity index (χ4v) is 2.01. The Morgan fingerprint density at radius 1 is 1.29 bits per heavy atom. The van der Waals surface area contributed by atoms with Gasteiger partial charge in [-0.2, -0.15) is 0 Å². The van der Waals surface area contributed by atoms with Crippen LogP contribution >= 0.6 is 0 Å². The number of likely N-dealkylation sites (N-methyl/N-ethyl adjacent to an activating group) is 1. The molecule has 0 bridgehead atoms. The van der Waals surface area contributed by atoms with Crippen molar-refractivity contribution in [3.8, 4) is 0 Å². The lowest BCUT2D eigenvalue weighted by atomic mass is 10.1. The smallest absolute Gasteiger partial charge is 0.0630 e. The molecule has 0 saturated carbocycles. The third-order valence-corrected chi connectivity index (χ3v) is 2.62. The molecular formula is C10H22N4. The highest BCUT2D eigenvalue weighted by molar-refractivity contribution is 4.93. The standard InChI is InChI=1S/C8H16N4.C2H6/c1-7-5-11(2)6-8(7)12-4-3-9-10-12;1-2/h3-4,7-10H,5-6H2,1-2H3;1-2H3. The Morgan fingerprint density at radius 3 is 2.43 bits per heavy atom. The fourth-order valence-electron chi connectivity index (χ4n) is 2.01. The molecule has 14 heavy (non-hydrogen) atoms. The zero-order chi connectivity index (χ0) is 10.6. The molecule has 2 aliphatic rings. The van der Waals surface area contributed by atoms with Crippen molar-refractivity contribution in [3.05, 3.63) is 12.4 Å². The molecule has 0 radical (unpaired) electrons. The second kappa shape index (κ2) is 5.22. The van der Waals surface area contributed by atoms with Crippen LogP contribution in [-0.4, -0.2) is 36.1 Å². The molecule has 0 aromatic carbocycles. The normalized spacial score (nSPS) is 31.3. The minimum Gasteiger partial charge on any atom is -0.310 e. The highest BCUT2D eigenvalue weighted by atomic mass is 15.7. The summed E-state index contributed by atoms with van der Waals surface area (Å²) in [6.45, 7) is 8.62. The summed E-state index contributed by atoms with van der Waals surface area (Å²) >= 11 is 0. The SMILES string of the molecule is CC.CC1CN(C)CC1N1C=CNN1. The van der Waals surface area contributed by atoms with Gasteiger partial charge in [0.05, 0.1) is 6.04 Å². The summed E-state index contributed by atoms with van der Waals surface area (Å²) in [6, 6.07) is 0.598. The maximum absolute atomic E-state index is 3.10. The minimum atomic E-state index is 0.598. The Kier molecular flexibility index (Phi) is 4.22. The predicted octanol–water partition coefficient (Wildman–Crippen LogP) is 0.759. The monoisotopic (exact) mass is 198 g/mol. The molecule has 0 spiro atoms. The Hall–Kier alpha value is -0.740. The Labute approximate surface area is 86.9 Å². The third-order valence-electron chi connectivity index (χ3n) is 2.62. The Morgan fingerprint density at radius 2 is 2.00 bits per heavy atom. The lowest BCUT2D eigenvalue weighted by Gasteiger charge is -2.25. The summed E-state index contributed by atoms with van der Waals surface area (Å²) in [5, 5.41) is 2.15. The first-order valence-corrected chi connectivity index (χ1v) is 5.42. The van der Waals surface area contributed by atoms with Crippen LogP contribution in [0.2, 0.25) is 0 Å². The maximum Gasteiger partial charge on any atom is 0.0630 e. The van der Waals surface area contributed by atoms with E-state index in [2.05, 4.69) is 41.0 Å². The average Bonchev–Trinajstić information content (AvgIpc) is 2.78. The van der Waals surface area contributed by atoms with Crippen LogP contribution in [-0.2, 0) is 0 Å². The molecule has 0 aliphatic carbocycles. The number of hydrazine groups is 2. The number of nitrogens with zero attached hydrogens (tertiary/aromatic N) is 2. The van der Waals surface area contributed by atoms with E-state index in [1.807, 2.05) is 20.0 Å². The maximum atomic E-state index is 3.10. The Balaban J connectivity index is 0.000000461. The van der Waals surface area contributed by atoms with E-state index in [0.717, 1.165) is 12.5 Å². The van der Waals surface area contributed by atoms with E-state index in [1.165, 1.54) is 6.54 Å². The van der Waals surface area contributed by atoms with Crippen LogP contribution < -0.4 is 11.0 Å². The molecule has 2 atom stereocenters. The predicted molar refractivity (Wildman–Crippen MR) is 59.0 cm³/mol. The number of nitrogens with one attached hydrogen (secondary N) is 2. The Bertz CT molecular complexity index is 193. The lowest BCUT2D eigenvalue weighted by Crippen LogP contribution is -2.45. The van der Waals surface area contributed by atoms with Gasteiger partial charge in [0, 0.05) is 25.5 Å². The van der Waals surface area contributed by atoms with Crippen molar-refractivity contribution in [3.63, 3.8) is 0 Å². The first kappa shape index (κ1) is 11.3.